The maximum atomic E-state index is 5.26. The van der Waals surface area contributed by atoms with Gasteiger partial charge < -0.3 is 0 Å². The van der Waals surface area contributed by atoms with Crippen LogP contribution in [0.4, 0.5) is 0 Å². The lowest BCUT2D eigenvalue weighted by Gasteiger charge is -2.10. The first-order chi connectivity index (χ1) is 27.7. The van der Waals surface area contributed by atoms with Gasteiger partial charge >= 0.3 is 0 Å². The Balaban J connectivity index is 1.09. The predicted molar refractivity (Wildman–Crippen MR) is 232 cm³/mol. The average Bonchev–Trinajstić information content (AvgIpc) is 3.85. The monoisotopic (exact) mass is 752 g/mol. The average molecular weight is 753 g/mol. The van der Waals surface area contributed by atoms with Crippen molar-refractivity contribution < 1.29 is 0 Å². The number of rotatable bonds is 6. The fourth-order valence-corrected chi connectivity index (χ4v) is 9.73. The fraction of sp³-hybridized carbons (Fsp3) is 0. The van der Waals surface area contributed by atoms with E-state index in [1.807, 2.05) is 78.9 Å². The standard InChI is InChI=1S/C48H28N6S2/c1-4-14-29(15-5-1)43-49-44(30-16-6-2-7-17-30)51-46(50-43)32-26-27-33-34-21-12-23-37(42(34)56-40(33)28-32)48-53-45(31-18-8-3-9-19-31)52-47(54-48)36-22-13-25-39-41(36)35-20-10-11-24-38(35)55-39/h1-28H. The molecule has 0 saturated carbocycles. The molecule has 6 nitrogen and oxygen atoms in total. The second-order valence-corrected chi connectivity index (χ2v) is 15.6. The molecule has 0 spiro atoms. The molecule has 0 aliphatic rings. The van der Waals surface area contributed by atoms with Gasteiger partial charge in [-0.05, 0) is 24.3 Å². The van der Waals surface area contributed by atoms with E-state index in [2.05, 4.69) is 91.0 Å². The minimum Gasteiger partial charge on any atom is -0.208 e. The Morgan fingerprint density at radius 3 is 1.43 bits per heavy atom. The van der Waals surface area contributed by atoms with Crippen LogP contribution in [0.2, 0.25) is 0 Å². The zero-order valence-electron chi connectivity index (χ0n) is 29.7. The third kappa shape index (κ3) is 5.62. The van der Waals surface area contributed by atoms with Crippen molar-refractivity contribution in [2.24, 2.45) is 0 Å². The number of hydrogen-bond acceptors (Lipinski definition) is 8. The third-order valence-corrected chi connectivity index (χ3v) is 12.3. The molecule has 0 bridgehead atoms. The van der Waals surface area contributed by atoms with Gasteiger partial charge in [-0.3, -0.25) is 0 Å². The van der Waals surface area contributed by atoms with Crippen LogP contribution in [0.1, 0.15) is 0 Å². The van der Waals surface area contributed by atoms with Crippen molar-refractivity contribution in [1.29, 1.82) is 0 Å². The molecule has 4 heterocycles. The highest BCUT2D eigenvalue weighted by Crippen LogP contribution is 2.43. The topological polar surface area (TPSA) is 77.3 Å². The molecular formula is C48H28N6S2. The molecule has 0 N–H and O–H groups in total. The van der Waals surface area contributed by atoms with E-state index < -0.39 is 0 Å². The van der Waals surface area contributed by atoms with Crippen LogP contribution < -0.4 is 0 Å². The number of aromatic nitrogens is 6. The van der Waals surface area contributed by atoms with Crippen LogP contribution in [0.25, 0.3) is 109 Å². The van der Waals surface area contributed by atoms with Gasteiger partial charge in [0.25, 0.3) is 0 Å². The Bertz CT molecular complexity index is 3190. The minimum atomic E-state index is 0.627. The highest BCUT2D eigenvalue weighted by atomic mass is 32.1. The van der Waals surface area contributed by atoms with Crippen molar-refractivity contribution in [3.05, 3.63) is 170 Å². The first-order valence-electron chi connectivity index (χ1n) is 18.3. The van der Waals surface area contributed by atoms with Crippen molar-refractivity contribution >= 4 is 63.0 Å². The van der Waals surface area contributed by atoms with E-state index in [0.717, 1.165) is 53.6 Å². The second kappa shape index (κ2) is 13.4. The van der Waals surface area contributed by atoms with Gasteiger partial charge in [0.1, 0.15) is 0 Å². The predicted octanol–water partition coefficient (Wildman–Crippen LogP) is 12.8. The quantitative estimate of drug-likeness (QED) is 0.168. The van der Waals surface area contributed by atoms with Gasteiger partial charge in [0.05, 0.1) is 0 Å². The third-order valence-electron chi connectivity index (χ3n) is 10.0. The number of fused-ring (bicyclic) bond motifs is 6. The number of nitrogens with zero attached hydrogens (tertiary/aromatic N) is 6. The van der Waals surface area contributed by atoms with E-state index >= 15 is 0 Å². The molecule has 262 valence electrons. The molecule has 4 aromatic heterocycles. The largest absolute Gasteiger partial charge is 0.208 e. The molecule has 0 aliphatic heterocycles. The lowest BCUT2D eigenvalue weighted by atomic mass is 10.0. The van der Waals surface area contributed by atoms with E-state index in [0.29, 0.717) is 34.9 Å². The summed E-state index contributed by atoms with van der Waals surface area (Å²) in [5.41, 5.74) is 5.71. The van der Waals surface area contributed by atoms with Gasteiger partial charge in [-0.2, -0.15) is 0 Å². The van der Waals surface area contributed by atoms with Gasteiger partial charge in [0.2, 0.25) is 0 Å². The zero-order chi connectivity index (χ0) is 37.0. The van der Waals surface area contributed by atoms with Gasteiger partial charge in [0.15, 0.2) is 34.9 Å². The number of thiophene rings is 2. The molecule has 56 heavy (non-hydrogen) atoms. The Morgan fingerprint density at radius 1 is 0.286 bits per heavy atom. The molecule has 0 saturated heterocycles. The van der Waals surface area contributed by atoms with Crippen molar-refractivity contribution in [2.75, 3.05) is 0 Å². The lowest BCUT2D eigenvalue weighted by molar-refractivity contribution is 1.07. The smallest absolute Gasteiger partial charge is 0.165 e. The summed E-state index contributed by atoms with van der Waals surface area (Å²) in [7, 11) is 0. The van der Waals surface area contributed by atoms with E-state index in [4.69, 9.17) is 29.9 Å². The lowest BCUT2D eigenvalue weighted by Crippen LogP contribution is -2.00. The van der Waals surface area contributed by atoms with Crippen LogP contribution in [0.5, 0.6) is 0 Å². The number of benzene rings is 7. The second-order valence-electron chi connectivity index (χ2n) is 13.5. The summed E-state index contributed by atoms with van der Waals surface area (Å²) < 4.78 is 4.69. The van der Waals surface area contributed by atoms with E-state index in [-0.39, 0.29) is 0 Å². The van der Waals surface area contributed by atoms with E-state index in [1.165, 1.54) is 20.2 Å². The summed E-state index contributed by atoms with van der Waals surface area (Å²) in [6.45, 7) is 0. The van der Waals surface area contributed by atoms with Crippen LogP contribution in [-0.4, -0.2) is 29.9 Å². The van der Waals surface area contributed by atoms with E-state index in [9.17, 15) is 0 Å². The van der Waals surface area contributed by atoms with Crippen molar-refractivity contribution in [1.82, 2.24) is 29.9 Å². The minimum absolute atomic E-state index is 0.627. The van der Waals surface area contributed by atoms with Gasteiger partial charge in [-0.25, -0.2) is 29.9 Å². The van der Waals surface area contributed by atoms with Crippen LogP contribution >= 0.6 is 22.7 Å². The highest BCUT2D eigenvalue weighted by molar-refractivity contribution is 7.26. The van der Waals surface area contributed by atoms with Crippen LogP contribution in [-0.2, 0) is 0 Å². The molecule has 0 unspecified atom stereocenters. The molecule has 0 amide bonds. The molecule has 11 rings (SSSR count). The molecule has 7 aromatic carbocycles. The van der Waals surface area contributed by atoms with Gasteiger partial charge in [-0.15, -0.1) is 22.7 Å². The van der Waals surface area contributed by atoms with Crippen LogP contribution in [0.15, 0.2) is 170 Å². The summed E-state index contributed by atoms with van der Waals surface area (Å²) >= 11 is 3.52. The zero-order valence-corrected chi connectivity index (χ0v) is 31.3. The summed E-state index contributed by atoms with van der Waals surface area (Å²) in [5.74, 6) is 3.84. The Kier molecular flexibility index (Phi) is 7.75. The Morgan fingerprint density at radius 2 is 0.768 bits per heavy atom. The van der Waals surface area contributed by atoms with Crippen molar-refractivity contribution in [2.45, 2.75) is 0 Å². The first kappa shape index (κ1) is 32.4. The molecule has 0 atom stereocenters. The maximum absolute atomic E-state index is 5.26. The molecule has 0 radical (unpaired) electrons. The van der Waals surface area contributed by atoms with Crippen molar-refractivity contribution in [3.63, 3.8) is 0 Å². The normalized spacial score (nSPS) is 11.6. The molecule has 8 heteroatoms. The van der Waals surface area contributed by atoms with Gasteiger partial charge in [0, 0.05) is 73.7 Å². The van der Waals surface area contributed by atoms with Crippen LogP contribution in [0, 0.1) is 0 Å². The molecular weight excluding hydrogens is 725 g/mol. The van der Waals surface area contributed by atoms with Gasteiger partial charge in [-0.1, -0.05) is 146 Å². The first-order valence-corrected chi connectivity index (χ1v) is 19.9. The molecule has 0 aliphatic carbocycles. The fourth-order valence-electron chi connectivity index (χ4n) is 7.35. The summed E-state index contributed by atoms with van der Waals surface area (Å²) in [5, 5.41) is 4.68. The summed E-state index contributed by atoms with van der Waals surface area (Å²) in [6, 6.07) is 58.1. The Labute approximate surface area is 329 Å². The highest BCUT2D eigenvalue weighted by Gasteiger charge is 2.20. The molecule has 0 fully saturated rings. The van der Waals surface area contributed by atoms with Crippen molar-refractivity contribution in [3.8, 4) is 68.3 Å². The summed E-state index contributed by atoms with van der Waals surface area (Å²) in [6.07, 6.45) is 0. The van der Waals surface area contributed by atoms with Crippen LogP contribution in [0.3, 0.4) is 0 Å². The molecule has 11 aromatic rings. The number of hydrogen-bond donors (Lipinski definition) is 0. The maximum Gasteiger partial charge on any atom is 0.165 e. The Hall–Kier alpha value is -7.00. The van der Waals surface area contributed by atoms with E-state index in [1.54, 1.807) is 22.7 Å². The summed E-state index contributed by atoms with van der Waals surface area (Å²) in [4.78, 5) is 30.4. The SMILES string of the molecule is c1ccc(-c2nc(-c3ccccc3)nc(-c3ccc4c(c3)sc3c(-c5nc(-c6ccccc6)nc(-c6cccc7sc8ccccc8c67)n5)cccc34)n2)cc1.